The molecule has 7 rings (SSSR count). The number of hydrogen-bond donors (Lipinski definition) is 9. The molecule has 0 spiro atoms. The first kappa shape index (κ1) is 72.6. The van der Waals surface area contributed by atoms with Gasteiger partial charge in [0, 0.05) is 42.2 Å². The van der Waals surface area contributed by atoms with Crippen molar-refractivity contribution in [2.75, 3.05) is 51.3 Å². The van der Waals surface area contributed by atoms with Gasteiger partial charge in [0.25, 0.3) is 50.6 Å². The zero-order chi connectivity index (χ0) is 69.3. The van der Waals surface area contributed by atoms with E-state index in [1.54, 1.807) is 0 Å². The van der Waals surface area contributed by atoms with Crippen molar-refractivity contribution in [3.05, 3.63) is 89.5 Å². The van der Waals surface area contributed by atoms with Crippen LogP contribution in [0, 0.1) is 25.2 Å². The zero-order valence-electron chi connectivity index (χ0n) is 49.5. The quantitative estimate of drug-likeness (QED) is 0.00952. The van der Waals surface area contributed by atoms with Crippen LogP contribution in [-0.4, -0.2) is 132 Å². The number of ether oxygens (including phenoxy) is 1. The molecule has 498 valence electrons. The lowest BCUT2D eigenvalue weighted by Crippen LogP contribution is -2.09. The number of thioether (sulfide) groups is 2. The molecule has 41 heteroatoms. The Hall–Kier alpha value is -8.80. The van der Waals surface area contributed by atoms with E-state index in [1.807, 2.05) is 6.07 Å². The van der Waals surface area contributed by atoms with Crippen molar-refractivity contribution in [1.29, 1.82) is 5.26 Å². The molecule has 2 aromatic heterocycles. The third-order valence-electron chi connectivity index (χ3n) is 12.5. The number of imidazole rings is 1. The number of azo groups is 4. The van der Waals surface area contributed by atoms with Crippen LogP contribution in [0.5, 0.6) is 11.6 Å². The minimum Gasteiger partial charge on any atom is -0.493 e. The molecule has 0 aliphatic rings. The highest BCUT2D eigenvalue weighted by atomic mass is 32.2. The number of amides is 3. The molecule has 0 radical (unpaired) electrons. The first-order valence-corrected chi connectivity index (χ1v) is 36.5. The Morgan fingerprint density at radius 1 is 0.564 bits per heavy atom. The summed E-state index contributed by atoms with van der Waals surface area (Å²) in [6, 6.07) is 16.5. The van der Waals surface area contributed by atoms with Gasteiger partial charge in [-0.2, -0.15) is 52.5 Å². The van der Waals surface area contributed by atoms with Gasteiger partial charge in [-0.15, -0.1) is 59.3 Å². The Balaban J connectivity index is 1.38. The minimum atomic E-state index is -4.80. The normalized spacial score (nSPS) is 12.6. The fourth-order valence-electron chi connectivity index (χ4n) is 8.42. The number of nitrogens with one attached hydrogen (secondary N) is 3. The lowest BCUT2D eigenvalue weighted by molar-refractivity contribution is -0.115. The molecule has 0 aliphatic carbocycles. The van der Waals surface area contributed by atoms with Crippen molar-refractivity contribution >= 4 is 171 Å². The van der Waals surface area contributed by atoms with E-state index in [0.717, 1.165) is 66.0 Å². The van der Waals surface area contributed by atoms with Crippen molar-refractivity contribution < 1.29 is 89.1 Å². The largest absolute Gasteiger partial charge is 0.493 e. The molecule has 9 N–H and O–H groups in total. The predicted molar refractivity (Wildman–Crippen MR) is 344 cm³/mol. The molecule has 5 aromatic carbocycles. The van der Waals surface area contributed by atoms with Gasteiger partial charge in [-0.3, -0.25) is 41.5 Å². The third-order valence-corrected chi connectivity index (χ3v) is 18.9. The monoisotopic (exact) mass is 1430 g/mol. The second kappa shape index (κ2) is 30.1. The van der Waals surface area contributed by atoms with E-state index in [0.29, 0.717) is 0 Å². The van der Waals surface area contributed by atoms with E-state index in [2.05, 4.69) is 61.8 Å². The van der Waals surface area contributed by atoms with Gasteiger partial charge in [0.15, 0.2) is 11.3 Å². The maximum atomic E-state index is 12.9. The van der Waals surface area contributed by atoms with E-state index < -0.39 is 108 Å². The van der Waals surface area contributed by atoms with Gasteiger partial charge in [-0.05, 0) is 117 Å². The number of aromatic hydroxyl groups is 1. The SMILES string of the molecule is CC(=O)Nc1cc(N=Nc2cc(SCCCS(=O)(=O)O)c(N=Nc3cc(OCCCS(=O)(=O)O)c(N=Nc4c(C)c(C#N)c5nc6c(C)cc(S(=O)(=O)O)cc6n5c4O)cc3NC(C)=O)cc2NC(C)=O)c(SCCCS(=O)(=O)O)cc1N=Nc1ccc(S(=O)(=O)O)cc1. The van der Waals surface area contributed by atoms with Crippen LogP contribution in [0.3, 0.4) is 0 Å². The highest BCUT2D eigenvalue weighted by molar-refractivity contribution is 7.99. The van der Waals surface area contributed by atoms with Gasteiger partial charge < -0.3 is 25.8 Å². The van der Waals surface area contributed by atoms with Gasteiger partial charge >= 0.3 is 0 Å². The average molecular weight is 1430 g/mol. The summed E-state index contributed by atoms with van der Waals surface area (Å²) >= 11 is 1.98. The smallest absolute Gasteiger partial charge is 0.294 e. The number of benzene rings is 5. The molecule has 0 fully saturated rings. The molecule has 0 saturated carbocycles. The van der Waals surface area contributed by atoms with E-state index in [9.17, 15) is 89.6 Å². The molecule has 7 aromatic rings. The highest BCUT2D eigenvalue weighted by Gasteiger charge is 2.25. The first-order valence-electron chi connectivity index (χ1n) is 26.8. The number of carbonyl (C=O) groups is 3. The summed E-state index contributed by atoms with van der Waals surface area (Å²) in [5.74, 6) is -4.94. The molecule has 94 heavy (non-hydrogen) atoms. The number of aryl methyl sites for hydroxylation is 1. The molecule has 34 nitrogen and oxygen atoms in total. The maximum absolute atomic E-state index is 12.9. The second-order valence-electron chi connectivity index (χ2n) is 19.9. The molecule has 0 unspecified atom stereocenters. The molecule has 3 amide bonds. The van der Waals surface area contributed by atoms with Crippen LogP contribution in [-0.2, 0) is 65.0 Å². The summed E-state index contributed by atoms with van der Waals surface area (Å²) in [5, 5.41) is 64.5. The molecule has 0 aliphatic heterocycles. The summed E-state index contributed by atoms with van der Waals surface area (Å²) in [5.41, 5.74) is -1.04. The van der Waals surface area contributed by atoms with Crippen molar-refractivity contribution in [2.45, 2.75) is 73.5 Å². The fraction of sp³-hybridized carbons (Fsp3) is 0.264. The van der Waals surface area contributed by atoms with E-state index in [-0.39, 0.29) is 142 Å². The molecule has 0 atom stereocenters. The van der Waals surface area contributed by atoms with Crippen LogP contribution in [0.2, 0.25) is 0 Å². The van der Waals surface area contributed by atoms with Crippen molar-refractivity contribution in [1.82, 2.24) is 9.38 Å². The Morgan fingerprint density at radius 2 is 1.00 bits per heavy atom. The lowest BCUT2D eigenvalue weighted by Gasteiger charge is -2.14. The van der Waals surface area contributed by atoms with Crippen LogP contribution in [0.25, 0.3) is 16.7 Å². The fourth-order valence-corrected chi connectivity index (χ4v) is 13.3. The third kappa shape index (κ3) is 20.1. The van der Waals surface area contributed by atoms with Crippen LogP contribution >= 0.6 is 23.5 Å². The predicted octanol–water partition coefficient (Wildman–Crippen LogP) is 11.1. The molecular weight excluding hydrogens is 1380 g/mol. The summed E-state index contributed by atoms with van der Waals surface area (Å²) in [6.07, 6.45) is -0.517. The number of carbonyl (C=O) groups excluding carboxylic acids is 3. The Bertz CT molecular complexity index is 4960. The molecule has 0 bridgehead atoms. The Labute approximate surface area is 544 Å². The molecular formula is C53H54N14O20S7. The number of fused-ring (bicyclic) bond motifs is 3. The maximum Gasteiger partial charge on any atom is 0.294 e. The number of aromatic nitrogens is 2. The minimum absolute atomic E-state index is 0.000118. The summed E-state index contributed by atoms with van der Waals surface area (Å²) in [4.78, 5) is 42.2. The van der Waals surface area contributed by atoms with Crippen LogP contribution < -0.4 is 20.7 Å². The molecule has 0 saturated heterocycles. The van der Waals surface area contributed by atoms with Gasteiger partial charge in [-0.1, -0.05) is 0 Å². The van der Waals surface area contributed by atoms with Gasteiger partial charge in [0.2, 0.25) is 23.6 Å². The van der Waals surface area contributed by atoms with Gasteiger partial charge in [0.05, 0.1) is 67.4 Å². The number of rotatable bonds is 28. The zero-order valence-corrected chi connectivity index (χ0v) is 55.2. The topological polar surface area (TPSA) is 529 Å². The van der Waals surface area contributed by atoms with E-state index in [1.165, 1.54) is 69.3 Å². The van der Waals surface area contributed by atoms with E-state index >= 15 is 0 Å². The van der Waals surface area contributed by atoms with Crippen LogP contribution in [0.1, 0.15) is 56.7 Å². The average Bonchev–Trinajstić information content (AvgIpc) is 1.60. The lowest BCUT2D eigenvalue weighted by atomic mass is 10.1. The number of nitrogens with zero attached hydrogens (tertiary/aromatic N) is 11. The van der Waals surface area contributed by atoms with Crippen molar-refractivity contribution in [3.8, 4) is 17.7 Å². The van der Waals surface area contributed by atoms with Crippen LogP contribution in [0.15, 0.2) is 133 Å². The first-order chi connectivity index (χ1) is 43.9. The highest BCUT2D eigenvalue weighted by Crippen LogP contribution is 2.47. The Morgan fingerprint density at radius 3 is 1.46 bits per heavy atom. The van der Waals surface area contributed by atoms with E-state index in [4.69, 9.17) is 4.74 Å². The Kier molecular flexibility index (Phi) is 23.2. The standard InChI is InChI=1S/C53H54N14O20S7/c1-28-19-35(94(84,85)86)20-46-50(28)58-52-36(27-54)29(2)51(53(71)67(46)52)66-63-43-21-37(55-30(3)68)40(24-47(43)87-13-6-16-90(72,73)74)61-64-44-23-39(57-32(5)70)42(26-49(44)89-15-8-18-92(78,79)80)62-65-45-22-38(56-31(4)69)41(25-48(45)88-14-7-17-91(75,76)77)60-59-33-9-11-34(12-10-33)93(81,82)83/h9-12,19-26,71H,6-8,13-18H2,1-5H3,(H,55,68)(H,56,69)(H,57,70)(H,72,73,74)(H,75,76,77)(H,78,79,80)(H,81,82,83)(H,84,85,86). The summed E-state index contributed by atoms with van der Waals surface area (Å²) in [6.45, 7) is 5.92. The van der Waals surface area contributed by atoms with Gasteiger partial charge in [-0.25, -0.2) is 4.98 Å². The van der Waals surface area contributed by atoms with Gasteiger partial charge in [0.1, 0.15) is 51.5 Å². The second-order valence-corrected chi connectivity index (χ2v) is 29.8. The summed E-state index contributed by atoms with van der Waals surface area (Å²) < 4.78 is 173. The number of pyridine rings is 1. The number of nitriles is 1. The number of anilines is 3. The molecule has 2 heterocycles. The van der Waals surface area contributed by atoms with Crippen LogP contribution in [0.4, 0.5) is 62.6 Å². The van der Waals surface area contributed by atoms with Crippen molar-refractivity contribution in [2.24, 2.45) is 40.9 Å². The summed E-state index contributed by atoms with van der Waals surface area (Å²) in [7, 11) is -22.7. The number of hydrogen-bond acceptors (Lipinski definition) is 27. The van der Waals surface area contributed by atoms with Crippen molar-refractivity contribution in [3.63, 3.8) is 0 Å².